The van der Waals surface area contributed by atoms with E-state index in [0.29, 0.717) is 0 Å². The van der Waals surface area contributed by atoms with Crippen LogP contribution in [0.3, 0.4) is 0 Å². The van der Waals surface area contributed by atoms with E-state index in [0.717, 1.165) is 0 Å². The number of hydrogen-bond donors (Lipinski definition) is 0. The van der Waals surface area contributed by atoms with Crippen molar-refractivity contribution < 1.29 is 85.6 Å². The van der Waals surface area contributed by atoms with Crippen LogP contribution in [0.4, 0.5) is 0 Å². The Hall–Kier alpha value is 1.69. The summed E-state index contributed by atoms with van der Waals surface area (Å²) < 4.78 is 45.7. The van der Waals surface area contributed by atoms with E-state index >= 15 is 0 Å². The summed E-state index contributed by atoms with van der Waals surface area (Å²) in [7, 11) is -8.59. The van der Waals surface area contributed by atoms with Crippen molar-refractivity contribution in [2.75, 3.05) is 0 Å². The fourth-order valence-corrected chi connectivity index (χ4v) is 0. The zero-order valence-electron chi connectivity index (χ0n) is 7.77. The summed E-state index contributed by atoms with van der Waals surface area (Å²) in [6.45, 7) is 3.06. The molecule has 0 aliphatic heterocycles. The topological polar surface area (TPSA) is 114 Å². The molecule has 0 rings (SSSR count). The summed E-state index contributed by atoms with van der Waals surface area (Å²) in [5, 5.41) is 0. The number of ketones is 1. The third-order valence-corrected chi connectivity index (χ3v) is 1.50. The van der Waals surface area contributed by atoms with Crippen LogP contribution in [0.25, 0.3) is 0 Å². The second-order valence-corrected chi connectivity index (χ2v) is 4.79. The average Bonchev–Trinajstić information content (AvgIpc) is 1.59. The number of hydrogen-bond acceptors (Lipinski definition) is 6. The van der Waals surface area contributed by atoms with Crippen molar-refractivity contribution in [3.05, 3.63) is 0 Å². The van der Waals surface area contributed by atoms with Crippen molar-refractivity contribution >= 4 is 25.0 Å². The van der Waals surface area contributed by atoms with Crippen LogP contribution in [-0.4, -0.2) is 27.5 Å². The van der Waals surface area contributed by atoms with E-state index in [4.69, 9.17) is 21.7 Å². The molecule has 0 N–H and O–H groups in total. The summed E-state index contributed by atoms with van der Waals surface area (Å²) in [6, 6.07) is 0. The Morgan fingerprint density at radius 2 is 1.31 bits per heavy atom. The molecular formula is C3H6Na2O6S2. The first-order chi connectivity index (χ1) is 4.68. The largest absolute Gasteiger partial charge is 1.00 e. The van der Waals surface area contributed by atoms with Gasteiger partial charge in [0.25, 0.3) is 0 Å². The molecule has 0 spiro atoms. The third kappa shape index (κ3) is 31.6. The second-order valence-electron chi connectivity index (χ2n) is 1.52. The van der Waals surface area contributed by atoms with Crippen LogP contribution >= 0.6 is 0 Å². The maximum atomic E-state index is 9.44. The smallest absolute Gasteiger partial charge is 0.761 e. The first-order valence-corrected chi connectivity index (χ1v) is 5.20. The van der Waals surface area contributed by atoms with Crippen LogP contribution in [0.5, 0.6) is 0 Å². The Labute approximate surface area is 123 Å². The van der Waals surface area contributed by atoms with Crippen LogP contribution in [0.15, 0.2) is 0 Å². The molecule has 0 aliphatic carbocycles. The summed E-state index contributed by atoms with van der Waals surface area (Å²) in [5.74, 6) is 0.167. The molecule has 0 radical (unpaired) electrons. The van der Waals surface area contributed by atoms with Crippen molar-refractivity contribution in [1.82, 2.24) is 0 Å². The van der Waals surface area contributed by atoms with Gasteiger partial charge in [-0.2, -0.15) is 0 Å². The SMILES string of the molecule is CC(C)=O.O=S([O-])S(=O)(=O)[O-].[Na+].[Na+]. The van der Waals surface area contributed by atoms with Crippen molar-refractivity contribution in [3.63, 3.8) is 0 Å². The van der Waals surface area contributed by atoms with E-state index in [1.165, 1.54) is 13.8 Å². The molecule has 1 atom stereocenters. The van der Waals surface area contributed by atoms with Crippen molar-refractivity contribution in [2.45, 2.75) is 13.8 Å². The summed E-state index contributed by atoms with van der Waals surface area (Å²) in [4.78, 5) is 9.44. The monoisotopic (exact) mass is 248 g/mol. The Morgan fingerprint density at radius 1 is 1.23 bits per heavy atom. The molecule has 6 nitrogen and oxygen atoms in total. The number of rotatable bonds is 1. The molecule has 68 valence electrons. The predicted molar refractivity (Wildman–Crippen MR) is 35.0 cm³/mol. The Balaban J connectivity index is -0.0000000600. The molecule has 1 unspecified atom stereocenters. The third-order valence-electron chi connectivity index (χ3n) is 0.167. The molecule has 13 heavy (non-hydrogen) atoms. The molecule has 0 saturated heterocycles. The maximum absolute atomic E-state index is 9.44. The quantitative estimate of drug-likeness (QED) is 0.197. The first kappa shape index (κ1) is 24.1. The predicted octanol–water partition coefficient (Wildman–Crippen LogP) is -7.07. The maximum Gasteiger partial charge on any atom is 1.00 e. The fourth-order valence-electron chi connectivity index (χ4n) is 0. The van der Waals surface area contributed by atoms with E-state index < -0.39 is 19.3 Å². The first-order valence-electron chi connectivity index (χ1n) is 2.20. The fraction of sp³-hybridized carbons (Fsp3) is 0.667. The van der Waals surface area contributed by atoms with Crippen LogP contribution in [-0.2, 0) is 24.1 Å². The van der Waals surface area contributed by atoms with Gasteiger partial charge < -0.3 is 13.9 Å². The van der Waals surface area contributed by atoms with Crippen LogP contribution in [0, 0.1) is 0 Å². The van der Waals surface area contributed by atoms with E-state index in [1.54, 1.807) is 0 Å². The Bertz CT molecular complexity index is 243. The molecule has 0 heterocycles. The van der Waals surface area contributed by atoms with Crippen LogP contribution < -0.4 is 59.1 Å². The molecule has 0 aromatic carbocycles. The molecular weight excluding hydrogens is 242 g/mol. The van der Waals surface area contributed by atoms with Crippen molar-refractivity contribution in [2.24, 2.45) is 0 Å². The van der Waals surface area contributed by atoms with Crippen molar-refractivity contribution in [1.29, 1.82) is 0 Å². The minimum atomic E-state index is -5.07. The molecule has 0 aromatic rings. The minimum absolute atomic E-state index is 0. The number of carbonyl (C=O) groups excluding carboxylic acids is 1. The Kier molecular flexibility index (Phi) is 21.8. The van der Waals surface area contributed by atoms with E-state index in [2.05, 4.69) is 0 Å². The second kappa shape index (κ2) is 11.8. The van der Waals surface area contributed by atoms with Gasteiger partial charge in [0, 0.05) is 0 Å². The number of carbonyl (C=O) groups is 1. The minimum Gasteiger partial charge on any atom is -0.761 e. The van der Waals surface area contributed by atoms with Gasteiger partial charge in [0.2, 0.25) is 0 Å². The molecule has 0 fully saturated rings. The standard InChI is InChI=1S/C3H6O.2Na.H2O5S2/c1-3(2)4;;;1-6(2)7(3,4)5/h1-2H3;;;(H,1,2)(H,3,4,5)/q;2*+1;/p-2. The van der Waals surface area contributed by atoms with Gasteiger partial charge in [-0.3, -0.25) is 4.21 Å². The molecule has 10 heteroatoms. The Morgan fingerprint density at radius 3 is 1.31 bits per heavy atom. The van der Waals surface area contributed by atoms with E-state index in [1.807, 2.05) is 0 Å². The van der Waals surface area contributed by atoms with E-state index in [-0.39, 0.29) is 64.9 Å². The average molecular weight is 248 g/mol. The van der Waals surface area contributed by atoms with Gasteiger partial charge in [-0.25, -0.2) is 8.42 Å². The normalized spacial score (nSPS) is 10.8. The van der Waals surface area contributed by atoms with Crippen LogP contribution in [0.2, 0.25) is 0 Å². The molecule has 0 amide bonds. The zero-order chi connectivity index (χ0) is 9.65. The van der Waals surface area contributed by atoms with Gasteiger partial charge in [-0.1, -0.05) is 0 Å². The summed E-state index contributed by atoms with van der Waals surface area (Å²) >= 11 is 0. The number of Topliss-reactive ketones (excluding diaryl/α,β-unsaturated/α-hetero) is 1. The zero-order valence-corrected chi connectivity index (χ0v) is 13.4. The van der Waals surface area contributed by atoms with Crippen LogP contribution in [0.1, 0.15) is 13.8 Å². The van der Waals surface area contributed by atoms with Gasteiger partial charge in [-0.05, 0) is 13.8 Å². The van der Waals surface area contributed by atoms with E-state index in [9.17, 15) is 4.79 Å². The van der Waals surface area contributed by atoms with Gasteiger partial charge in [0.1, 0.15) is 5.78 Å². The molecule has 0 aliphatic rings. The van der Waals surface area contributed by atoms with Gasteiger partial charge in [-0.15, -0.1) is 0 Å². The molecule has 0 aromatic heterocycles. The summed E-state index contributed by atoms with van der Waals surface area (Å²) in [6.07, 6.45) is 0. The molecule has 0 saturated carbocycles. The summed E-state index contributed by atoms with van der Waals surface area (Å²) in [5.41, 5.74) is 0. The van der Waals surface area contributed by atoms with Crippen molar-refractivity contribution in [3.8, 4) is 0 Å². The molecule has 0 bridgehead atoms. The van der Waals surface area contributed by atoms with Gasteiger partial charge >= 0.3 is 59.1 Å². The van der Waals surface area contributed by atoms with Gasteiger partial charge in [0.05, 0.1) is 10.1 Å². The van der Waals surface area contributed by atoms with Gasteiger partial charge in [0.15, 0.2) is 9.15 Å².